The van der Waals surface area contributed by atoms with Gasteiger partial charge in [0.2, 0.25) is 17.7 Å². The number of hydrogen-bond acceptors (Lipinski definition) is 5. The van der Waals surface area contributed by atoms with Crippen LogP contribution in [-0.2, 0) is 25.6 Å². The van der Waals surface area contributed by atoms with Crippen LogP contribution in [0.4, 0.5) is 11.4 Å². The number of ether oxygens (including phenoxy) is 1. The van der Waals surface area contributed by atoms with Crippen LogP contribution in [0.1, 0.15) is 31.7 Å². The van der Waals surface area contributed by atoms with Gasteiger partial charge in [-0.1, -0.05) is 25.1 Å². The maximum atomic E-state index is 12.6. The Morgan fingerprint density at radius 1 is 0.967 bits per heavy atom. The molecule has 1 atom stereocenters. The van der Waals surface area contributed by atoms with Crippen molar-refractivity contribution < 1.29 is 23.9 Å². The van der Waals surface area contributed by atoms with Gasteiger partial charge in [0.15, 0.2) is 0 Å². The van der Waals surface area contributed by atoms with E-state index < -0.39 is 11.9 Å². The lowest BCUT2D eigenvalue weighted by Crippen LogP contribution is -2.28. The number of carbonyl (C=O) groups is 4. The van der Waals surface area contributed by atoms with Crippen LogP contribution in [0.15, 0.2) is 48.5 Å². The van der Waals surface area contributed by atoms with E-state index in [4.69, 9.17) is 4.74 Å². The van der Waals surface area contributed by atoms with E-state index in [0.717, 1.165) is 22.6 Å². The summed E-state index contributed by atoms with van der Waals surface area (Å²) >= 11 is 0. The Morgan fingerprint density at radius 2 is 1.63 bits per heavy atom. The smallest absolute Gasteiger partial charge is 0.316 e. The van der Waals surface area contributed by atoms with E-state index in [1.165, 1.54) is 0 Å². The molecule has 0 aromatic heterocycles. The minimum Gasteiger partial charge on any atom is -0.426 e. The minimum atomic E-state index is -0.552. The summed E-state index contributed by atoms with van der Waals surface area (Å²) in [6, 6.07) is 13.9. The Balaban J connectivity index is 1.43. The maximum Gasteiger partial charge on any atom is 0.316 e. The lowest BCUT2D eigenvalue weighted by molar-refractivity contribution is -0.139. The molecule has 2 aromatic carbocycles. The zero-order chi connectivity index (χ0) is 21.3. The predicted octanol–water partition coefficient (Wildman–Crippen LogP) is 2.86. The highest BCUT2D eigenvalue weighted by molar-refractivity contribution is 6.19. The molecule has 7 nitrogen and oxygen atoms in total. The Kier molecular flexibility index (Phi) is 5.35. The van der Waals surface area contributed by atoms with Crippen LogP contribution in [0.25, 0.3) is 0 Å². The predicted molar refractivity (Wildman–Crippen MR) is 110 cm³/mol. The number of aryl methyl sites for hydroxylation is 1. The van der Waals surface area contributed by atoms with E-state index in [9.17, 15) is 19.2 Å². The molecule has 2 fully saturated rings. The standard InChI is InChI=1S/C23H22N2O5/c1-2-15-5-3-4-6-19(15)24-14-16(13-22(24)28)23(29)30-18-9-7-17(8-10-18)25-20(26)11-12-21(25)27/h3-10,16H,2,11-14H2,1H3/t16-/m0/s1. The van der Waals surface area contributed by atoms with Crippen LogP contribution in [0.5, 0.6) is 5.75 Å². The largest absolute Gasteiger partial charge is 0.426 e. The number of nitrogens with zero attached hydrogens (tertiary/aromatic N) is 2. The van der Waals surface area contributed by atoms with Crippen LogP contribution in [0.2, 0.25) is 0 Å². The van der Waals surface area contributed by atoms with Crippen molar-refractivity contribution in [2.75, 3.05) is 16.3 Å². The third-order valence-electron chi connectivity index (χ3n) is 5.49. The topological polar surface area (TPSA) is 84.0 Å². The molecule has 0 N–H and O–H groups in total. The van der Waals surface area contributed by atoms with Crippen LogP contribution >= 0.6 is 0 Å². The normalized spacial score (nSPS) is 19.0. The third-order valence-corrected chi connectivity index (χ3v) is 5.49. The third kappa shape index (κ3) is 3.70. The first-order chi connectivity index (χ1) is 14.5. The number of rotatable bonds is 5. The van der Waals surface area contributed by atoms with Crippen molar-refractivity contribution in [3.63, 3.8) is 0 Å². The molecule has 2 aromatic rings. The van der Waals surface area contributed by atoms with Crippen molar-refractivity contribution >= 4 is 35.1 Å². The molecule has 0 unspecified atom stereocenters. The average Bonchev–Trinajstić information content (AvgIpc) is 3.30. The van der Waals surface area contributed by atoms with Gasteiger partial charge in [-0.15, -0.1) is 0 Å². The fraction of sp³-hybridized carbons (Fsp3) is 0.304. The van der Waals surface area contributed by atoms with Crippen molar-refractivity contribution in [2.24, 2.45) is 5.92 Å². The molecule has 2 aliphatic heterocycles. The van der Waals surface area contributed by atoms with E-state index in [1.54, 1.807) is 29.2 Å². The molecule has 154 valence electrons. The summed E-state index contributed by atoms with van der Waals surface area (Å²) in [5.41, 5.74) is 2.35. The summed E-state index contributed by atoms with van der Waals surface area (Å²) < 4.78 is 5.45. The zero-order valence-corrected chi connectivity index (χ0v) is 16.7. The Labute approximate surface area is 174 Å². The van der Waals surface area contributed by atoms with Crippen molar-refractivity contribution in [1.29, 1.82) is 0 Å². The van der Waals surface area contributed by atoms with Gasteiger partial charge in [0.1, 0.15) is 5.75 Å². The summed E-state index contributed by atoms with van der Waals surface area (Å²) in [5.74, 6) is -1.28. The van der Waals surface area contributed by atoms with Crippen molar-refractivity contribution in [2.45, 2.75) is 32.6 Å². The second-order valence-corrected chi connectivity index (χ2v) is 7.43. The number of esters is 1. The van der Waals surface area contributed by atoms with Crippen LogP contribution < -0.4 is 14.5 Å². The molecule has 0 spiro atoms. The lowest BCUT2D eigenvalue weighted by Gasteiger charge is -2.19. The monoisotopic (exact) mass is 406 g/mol. The van der Waals surface area contributed by atoms with Crippen LogP contribution in [0.3, 0.4) is 0 Å². The van der Waals surface area contributed by atoms with E-state index in [1.807, 2.05) is 31.2 Å². The molecular weight excluding hydrogens is 384 g/mol. The molecule has 2 heterocycles. The second kappa shape index (κ2) is 8.10. The number of imide groups is 1. The number of hydrogen-bond donors (Lipinski definition) is 0. The van der Waals surface area contributed by atoms with Crippen LogP contribution in [-0.4, -0.2) is 30.2 Å². The Morgan fingerprint density at radius 3 is 2.30 bits per heavy atom. The van der Waals surface area contributed by atoms with Gasteiger partial charge in [-0.3, -0.25) is 24.1 Å². The SMILES string of the molecule is CCc1ccccc1N1C[C@@H](C(=O)Oc2ccc(N3C(=O)CCC3=O)cc2)CC1=O. The summed E-state index contributed by atoms with van der Waals surface area (Å²) in [6.45, 7) is 2.31. The summed E-state index contributed by atoms with van der Waals surface area (Å²) in [7, 11) is 0. The lowest BCUT2D eigenvalue weighted by atomic mass is 10.1. The number of amides is 3. The molecule has 2 aliphatic rings. The van der Waals surface area contributed by atoms with Crippen molar-refractivity contribution in [1.82, 2.24) is 0 Å². The molecule has 0 bridgehead atoms. The highest BCUT2D eigenvalue weighted by atomic mass is 16.5. The van der Waals surface area contributed by atoms with E-state index in [2.05, 4.69) is 0 Å². The highest BCUT2D eigenvalue weighted by Gasteiger charge is 2.37. The van der Waals surface area contributed by atoms with Gasteiger partial charge < -0.3 is 9.64 Å². The average molecular weight is 406 g/mol. The van der Waals surface area contributed by atoms with Crippen molar-refractivity contribution in [3.8, 4) is 5.75 Å². The number of carbonyl (C=O) groups excluding carboxylic acids is 4. The summed E-state index contributed by atoms with van der Waals surface area (Å²) in [5, 5.41) is 0. The first-order valence-electron chi connectivity index (χ1n) is 10.0. The molecule has 2 saturated heterocycles. The highest BCUT2D eigenvalue weighted by Crippen LogP contribution is 2.30. The number of para-hydroxylation sites is 1. The van der Waals surface area contributed by atoms with E-state index >= 15 is 0 Å². The molecule has 0 saturated carbocycles. The molecule has 7 heteroatoms. The number of benzene rings is 2. The molecule has 0 radical (unpaired) electrons. The van der Waals surface area contributed by atoms with E-state index in [-0.39, 0.29) is 43.5 Å². The van der Waals surface area contributed by atoms with Gasteiger partial charge in [0.05, 0.1) is 11.6 Å². The molecule has 3 amide bonds. The molecular formula is C23H22N2O5. The maximum absolute atomic E-state index is 12.6. The summed E-state index contributed by atoms with van der Waals surface area (Å²) in [6.07, 6.45) is 1.32. The Bertz CT molecular complexity index is 999. The fourth-order valence-electron chi connectivity index (χ4n) is 3.90. The molecule has 0 aliphatic carbocycles. The zero-order valence-electron chi connectivity index (χ0n) is 16.7. The van der Waals surface area contributed by atoms with Gasteiger partial charge in [-0.2, -0.15) is 0 Å². The molecule has 4 rings (SSSR count). The van der Waals surface area contributed by atoms with Crippen molar-refractivity contribution in [3.05, 3.63) is 54.1 Å². The van der Waals surface area contributed by atoms with Gasteiger partial charge in [-0.25, -0.2) is 0 Å². The number of anilines is 2. The Hall–Kier alpha value is -3.48. The first-order valence-corrected chi connectivity index (χ1v) is 10.0. The molecule has 30 heavy (non-hydrogen) atoms. The van der Waals surface area contributed by atoms with Gasteiger partial charge in [0, 0.05) is 31.5 Å². The van der Waals surface area contributed by atoms with Gasteiger partial charge >= 0.3 is 5.97 Å². The second-order valence-electron chi connectivity index (χ2n) is 7.43. The van der Waals surface area contributed by atoms with Gasteiger partial charge in [0.25, 0.3) is 0 Å². The van der Waals surface area contributed by atoms with E-state index in [0.29, 0.717) is 11.4 Å². The minimum absolute atomic E-state index is 0.0979. The van der Waals surface area contributed by atoms with Gasteiger partial charge in [-0.05, 0) is 42.3 Å². The summed E-state index contributed by atoms with van der Waals surface area (Å²) in [4.78, 5) is 51.6. The fourth-order valence-corrected chi connectivity index (χ4v) is 3.90. The first kappa shape index (κ1) is 19.8. The van der Waals surface area contributed by atoms with Crippen LogP contribution in [0, 0.1) is 5.92 Å². The quantitative estimate of drug-likeness (QED) is 0.433.